The molecule has 3 rings (SSSR count). The van der Waals surface area contributed by atoms with Gasteiger partial charge >= 0.3 is 10.5 Å². The second-order valence-electron chi connectivity index (χ2n) is 5.21. The van der Waals surface area contributed by atoms with Crippen molar-refractivity contribution in [2.24, 2.45) is 4.36 Å². The van der Waals surface area contributed by atoms with Gasteiger partial charge in [0.2, 0.25) is 11.8 Å². The molecular weight excluding hydrogens is 360 g/mol. The maximum atomic E-state index is 12.6. The maximum absolute atomic E-state index is 12.6. The molecule has 132 valence electrons. The first-order chi connectivity index (χ1) is 12.5. The Morgan fingerprint density at radius 3 is 2.58 bits per heavy atom. The third-order valence-corrected chi connectivity index (χ3v) is 3.82. The Labute approximate surface area is 148 Å². The predicted octanol–water partition coefficient (Wildman–Crippen LogP) is 3.16. The van der Waals surface area contributed by atoms with Gasteiger partial charge in [-0.05, 0) is 36.8 Å². The number of hydrogen-bond acceptors (Lipinski definition) is 7. The summed E-state index contributed by atoms with van der Waals surface area (Å²) in [5.74, 6) is 0.503. The van der Waals surface area contributed by atoms with Gasteiger partial charge in [-0.2, -0.15) is 8.42 Å². The van der Waals surface area contributed by atoms with E-state index in [1.807, 2.05) is 18.2 Å². The molecule has 26 heavy (non-hydrogen) atoms. The van der Waals surface area contributed by atoms with E-state index in [4.69, 9.17) is 9.15 Å². The Kier molecular flexibility index (Phi) is 4.81. The number of fused-ring (bicyclic) bond motifs is 1. The van der Waals surface area contributed by atoms with E-state index in [2.05, 4.69) is 9.68 Å². The molecule has 1 heterocycles. The van der Waals surface area contributed by atoms with Gasteiger partial charge in [-0.3, -0.25) is 9.59 Å². The van der Waals surface area contributed by atoms with Crippen molar-refractivity contribution in [3.8, 4) is 11.5 Å². The van der Waals surface area contributed by atoms with E-state index in [9.17, 15) is 18.0 Å². The number of anilines is 1. The van der Waals surface area contributed by atoms with Crippen molar-refractivity contribution in [1.29, 1.82) is 0 Å². The molecule has 9 heteroatoms. The molecule has 0 bridgehead atoms. The molecule has 0 aliphatic carbocycles. The number of nitrogens with zero attached hydrogens (tertiary/aromatic N) is 1. The number of nitrogens with one attached hydrogen (secondary N) is 1. The fourth-order valence-electron chi connectivity index (χ4n) is 2.35. The fraction of sp³-hybridized carbons (Fsp3) is 0.0588. The number of para-hydroxylation sites is 1. The van der Waals surface area contributed by atoms with Crippen LogP contribution < -0.4 is 15.5 Å². The molecule has 0 atom stereocenters. The average Bonchev–Trinajstić information content (AvgIpc) is 2.60. The number of ether oxygens (including phenoxy) is 1. The van der Waals surface area contributed by atoms with Crippen molar-refractivity contribution in [2.45, 2.75) is 6.92 Å². The van der Waals surface area contributed by atoms with Gasteiger partial charge in [0.05, 0.1) is 5.39 Å². The lowest BCUT2D eigenvalue weighted by atomic mass is 10.1. The molecule has 0 saturated carbocycles. The highest BCUT2D eigenvalue weighted by atomic mass is 32.2. The largest absolute Gasteiger partial charge is 0.457 e. The molecule has 0 radical (unpaired) electrons. The van der Waals surface area contributed by atoms with Crippen LogP contribution >= 0.6 is 0 Å². The Bertz CT molecular complexity index is 1180. The maximum Gasteiger partial charge on any atom is 0.319 e. The number of hydrogen-bond donors (Lipinski definition) is 1. The van der Waals surface area contributed by atoms with Crippen LogP contribution in [0.25, 0.3) is 11.0 Å². The van der Waals surface area contributed by atoms with Crippen LogP contribution in [0.15, 0.2) is 56.0 Å². The van der Waals surface area contributed by atoms with Crippen LogP contribution in [-0.4, -0.2) is 14.8 Å². The Morgan fingerprint density at radius 1 is 1.19 bits per heavy atom. The standard InChI is InChI=1S/C17H12N2O6S/c1-10-7-14-12(8-13(10)24-11-5-3-2-4-6-11)16(21)15(18-9-20)17(25-14)19-26(22)23/h2-9H,1H3,(H,18,20). The molecule has 1 aromatic heterocycles. The molecule has 0 aliphatic rings. The molecule has 3 aromatic rings. The van der Waals surface area contributed by atoms with E-state index in [-0.39, 0.29) is 23.1 Å². The van der Waals surface area contributed by atoms with E-state index >= 15 is 0 Å². The normalized spacial score (nSPS) is 10.3. The van der Waals surface area contributed by atoms with Gasteiger partial charge in [0.1, 0.15) is 17.1 Å². The zero-order chi connectivity index (χ0) is 18.7. The monoisotopic (exact) mass is 372 g/mol. The van der Waals surface area contributed by atoms with Crippen molar-refractivity contribution in [2.75, 3.05) is 5.32 Å². The highest BCUT2D eigenvalue weighted by Gasteiger charge is 2.16. The first-order valence-corrected chi connectivity index (χ1v) is 8.38. The number of benzene rings is 2. The molecule has 2 aromatic carbocycles. The van der Waals surface area contributed by atoms with Crippen molar-refractivity contribution in [1.82, 2.24) is 0 Å². The van der Waals surface area contributed by atoms with Crippen LogP contribution in [0.4, 0.5) is 11.6 Å². The van der Waals surface area contributed by atoms with E-state index in [1.165, 1.54) is 12.1 Å². The summed E-state index contributed by atoms with van der Waals surface area (Å²) < 4.78 is 36.0. The highest BCUT2D eigenvalue weighted by Crippen LogP contribution is 2.32. The summed E-state index contributed by atoms with van der Waals surface area (Å²) in [6, 6.07) is 12.0. The zero-order valence-electron chi connectivity index (χ0n) is 13.4. The molecular formula is C17H12N2O6S. The summed E-state index contributed by atoms with van der Waals surface area (Å²) in [6.45, 7) is 1.75. The highest BCUT2D eigenvalue weighted by molar-refractivity contribution is 7.61. The first-order valence-electron chi connectivity index (χ1n) is 7.35. The SMILES string of the molecule is Cc1cc2oc(N=S(=O)=O)c(NC=O)c(=O)c2cc1Oc1ccccc1. The number of aryl methyl sites for hydroxylation is 1. The summed E-state index contributed by atoms with van der Waals surface area (Å²) in [5.41, 5.74) is -0.227. The van der Waals surface area contributed by atoms with E-state index < -0.39 is 21.8 Å². The van der Waals surface area contributed by atoms with Crippen LogP contribution in [0.2, 0.25) is 0 Å². The second kappa shape index (κ2) is 7.19. The van der Waals surface area contributed by atoms with Gasteiger partial charge in [-0.1, -0.05) is 22.6 Å². The van der Waals surface area contributed by atoms with Crippen molar-refractivity contribution in [3.05, 3.63) is 58.3 Å². The van der Waals surface area contributed by atoms with Gasteiger partial charge < -0.3 is 14.5 Å². The number of rotatable bonds is 5. The van der Waals surface area contributed by atoms with Crippen molar-refractivity contribution < 1.29 is 22.4 Å². The summed E-state index contributed by atoms with van der Waals surface area (Å²) in [6.07, 6.45) is 0.237. The van der Waals surface area contributed by atoms with E-state index in [0.29, 0.717) is 17.1 Å². The van der Waals surface area contributed by atoms with E-state index in [0.717, 1.165) is 0 Å². The van der Waals surface area contributed by atoms with Crippen molar-refractivity contribution in [3.63, 3.8) is 0 Å². The lowest BCUT2D eigenvalue weighted by Crippen LogP contribution is -2.10. The van der Waals surface area contributed by atoms with Crippen LogP contribution in [-0.2, 0) is 15.3 Å². The summed E-state index contributed by atoms with van der Waals surface area (Å²) >= 11 is 0. The quantitative estimate of drug-likeness (QED) is 0.688. The first kappa shape index (κ1) is 17.4. The molecule has 1 N–H and O–H groups in total. The number of carbonyl (C=O) groups excluding carboxylic acids is 1. The molecule has 0 fully saturated rings. The van der Waals surface area contributed by atoms with Gasteiger partial charge in [-0.15, -0.1) is 0 Å². The third-order valence-electron chi connectivity index (χ3n) is 3.50. The molecule has 0 unspecified atom stereocenters. The molecule has 0 spiro atoms. The predicted molar refractivity (Wildman–Crippen MR) is 94.4 cm³/mol. The van der Waals surface area contributed by atoms with Crippen LogP contribution in [0.3, 0.4) is 0 Å². The topological polar surface area (TPSA) is 115 Å². The minimum Gasteiger partial charge on any atom is -0.457 e. The Balaban J connectivity index is 2.23. The lowest BCUT2D eigenvalue weighted by molar-refractivity contribution is -0.105. The van der Waals surface area contributed by atoms with Crippen molar-refractivity contribution >= 4 is 39.5 Å². The third kappa shape index (κ3) is 3.47. The molecule has 1 amide bonds. The van der Waals surface area contributed by atoms with Crippen LogP contribution in [0, 0.1) is 6.92 Å². The Hall–Kier alpha value is -3.46. The molecule has 0 aliphatic heterocycles. The fourth-order valence-corrected chi connectivity index (χ4v) is 2.62. The summed E-state index contributed by atoms with van der Waals surface area (Å²) in [5, 5.41) is 2.24. The average molecular weight is 372 g/mol. The van der Waals surface area contributed by atoms with E-state index in [1.54, 1.807) is 19.1 Å². The second-order valence-corrected chi connectivity index (χ2v) is 5.83. The van der Waals surface area contributed by atoms with Gasteiger partial charge in [0, 0.05) is 0 Å². The molecule has 8 nitrogen and oxygen atoms in total. The molecule has 0 saturated heterocycles. The number of carbonyl (C=O) groups is 1. The Morgan fingerprint density at radius 2 is 1.92 bits per heavy atom. The minimum atomic E-state index is -2.86. The smallest absolute Gasteiger partial charge is 0.319 e. The van der Waals surface area contributed by atoms with Crippen LogP contribution in [0.5, 0.6) is 11.5 Å². The number of amides is 1. The lowest BCUT2D eigenvalue weighted by Gasteiger charge is -2.10. The van der Waals surface area contributed by atoms with Gasteiger partial charge in [-0.25, -0.2) is 0 Å². The summed E-state index contributed by atoms with van der Waals surface area (Å²) in [4.78, 5) is 23.4. The summed E-state index contributed by atoms with van der Waals surface area (Å²) in [7, 11) is -2.86. The van der Waals surface area contributed by atoms with Gasteiger partial charge in [0.15, 0.2) is 5.69 Å². The minimum absolute atomic E-state index is 0.113. The van der Waals surface area contributed by atoms with Gasteiger partial charge in [0.25, 0.3) is 5.88 Å². The van der Waals surface area contributed by atoms with Crippen LogP contribution in [0.1, 0.15) is 5.56 Å². The zero-order valence-corrected chi connectivity index (χ0v) is 14.2.